The highest BCUT2D eigenvalue weighted by molar-refractivity contribution is 5.96. The summed E-state index contributed by atoms with van der Waals surface area (Å²) in [6.45, 7) is 0.227. The third kappa shape index (κ3) is 3.39. The highest BCUT2D eigenvalue weighted by Gasteiger charge is 2.08. The molecule has 20 heavy (non-hydrogen) atoms. The van der Waals surface area contributed by atoms with Crippen molar-refractivity contribution in [3.05, 3.63) is 70.8 Å². The molecule has 0 aliphatic heterocycles. The van der Waals surface area contributed by atoms with E-state index in [9.17, 15) is 8.78 Å². The van der Waals surface area contributed by atoms with E-state index in [0.29, 0.717) is 16.7 Å². The fourth-order valence-electron chi connectivity index (χ4n) is 1.81. The summed E-state index contributed by atoms with van der Waals surface area (Å²) in [6, 6.07) is 10.3. The second-order valence-electron chi connectivity index (χ2n) is 4.30. The summed E-state index contributed by atoms with van der Waals surface area (Å²) >= 11 is 0. The predicted octanol–water partition coefficient (Wildman–Crippen LogP) is 2.97. The van der Waals surface area contributed by atoms with Gasteiger partial charge in [0.15, 0.2) is 0 Å². The fourth-order valence-corrected chi connectivity index (χ4v) is 1.81. The minimum Gasteiger partial charge on any atom is -0.384 e. The third-order valence-electron chi connectivity index (χ3n) is 2.84. The topological polar surface area (TPSA) is 59.1 Å². The van der Waals surface area contributed by atoms with E-state index >= 15 is 0 Å². The van der Waals surface area contributed by atoms with Crippen molar-refractivity contribution in [1.82, 2.24) is 0 Å². The minimum atomic E-state index is -0.465. The number of hydrogen-bond donors (Lipinski definition) is 2. The molecule has 0 atom stereocenters. The lowest BCUT2D eigenvalue weighted by Gasteiger charge is -2.10. The molecule has 0 aliphatic carbocycles. The zero-order chi connectivity index (χ0) is 14.5. The Morgan fingerprint density at radius 3 is 2.45 bits per heavy atom. The Hall–Kier alpha value is -2.27. The van der Waals surface area contributed by atoms with Crippen LogP contribution in [0.5, 0.6) is 0 Å². The Kier molecular flexibility index (Phi) is 4.42. The van der Waals surface area contributed by atoms with Crippen molar-refractivity contribution >= 4 is 5.84 Å². The van der Waals surface area contributed by atoms with Crippen molar-refractivity contribution in [3.8, 4) is 0 Å². The number of rotatable bonds is 5. The SMILES string of the molecule is N=C(N)c1cc(F)ccc1COCc1ccccc1F. The standard InChI is InChI=1S/C15H14F2N2O/c16-12-6-5-10(13(7-12)15(18)19)8-20-9-11-3-1-2-4-14(11)17/h1-7H,8-9H2,(H3,18,19). The summed E-state index contributed by atoms with van der Waals surface area (Å²) in [5.41, 5.74) is 6.72. The lowest BCUT2D eigenvalue weighted by molar-refractivity contribution is 0.104. The number of hydrogen-bond acceptors (Lipinski definition) is 2. The third-order valence-corrected chi connectivity index (χ3v) is 2.84. The molecule has 3 nitrogen and oxygen atoms in total. The number of nitrogens with two attached hydrogens (primary N) is 1. The van der Waals surface area contributed by atoms with Gasteiger partial charge in [0, 0.05) is 11.1 Å². The number of ether oxygens (including phenoxy) is 1. The number of nitrogens with one attached hydrogen (secondary N) is 1. The van der Waals surface area contributed by atoms with E-state index in [4.69, 9.17) is 15.9 Å². The molecule has 0 saturated heterocycles. The van der Waals surface area contributed by atoms with Crippen LogP contribution in [0.25, 0.3) is 0 Å². The van der Waals surface area contributed by atoms with Gasteiger partial charge in [-0.05, 0) is 23.8 Å². The van der Waals surface area contributed by atoms with Gasteiger partial charge in [-0.1, -0.05) is 24.3 Å². The average Bonchev–Trinajstić information content (AvgIpc) is 2.42. The molecule has 0 fully saturated rings. The van der Waals surface area contributed by atoms with Crippen LogP contribution in [-0.4, -0.2) is 5.84 Å². The van der Waals surface area contributed by atoms with Crippen LogP contribution < -0.4 is 5.73 Å². The van der Waals surface area contributed by atoms with E-state index in [2.05, 4.69) is 0 Å². The molecule has 2 rings (SSSR count). The normalized spacial score (nSPS) is 10.5. The fraction of sp³-hybridized carbons (Fsp3) is 0.133. The van der Waals surface area contributed by atoms with E-state index in [1.807, 2.05) is 0 Å². The predicted molar refractivity (Wildman–Crippen MR) is 72.3 cm³/mol. The van der Waals surface area contributed by atoms with Gasteiger partial charge in [0.2, 0.25) is 0 Å². The first-order valence-electron chi connectivity index (χ1n) is 6.02. The molecule has 0 amide bonds. The average molecular weight is 276 g/mol. The number of amidine groups is 1. The maximum atomic E-state index is 13.4. The van der Waals surface area contributed by atoms with Crippen molar-refractivity contribution < 1.29 is 13.5 Å². The summed E-state index contributed by atoms with van der Waals surface area (Å²) < 4.78 is 31.9. The Morgan fingerprint density at radius 2 is 1.75 bits per heavy atom. The quantitative estimate of drug-likeness (QED) is 0.651. The van der Waals surface area contributed by atoms with Crippen LogP contribution in [0.1, 0.15) is 16.7 Å². The molecule has 0 bridgehead atoms. The Balaban J connectivity index is 2.05. The van der Waals surface area contributed by atoms with E-state index in [-0.39, 0.29) is 24.9 Å². The molecule has 3 N–H and O–H groups in total. The first-order valence-corrected chi connectivity index (χ1v) is 6.02. The van der Waals surface area contributed by atoms with Gasteiger partial charge < -0.3 is 10.5 Å². The lowest BCUT2D eigenvalue weighted by Crippen LogP contribution is -2.14. The van der Waals surface area contributed by atoms with E-state index in [0.717, 1.165) is 0 Å². The Bertz CT molecular complexity index is 629. The van der Waals surface area contributed by atoms with Gasteiger partial charge in [0.05, 0.1) is 13.2 Å². The summed E-state index contributed by atoms with van der Waals surface area (Å²) in [4.78, 5) is 0. The molecule has 0 spiro atoms. The van der Waals surface area contributed by atoms with Crippen molar-refractivity contribution in [2.45, 2.75) is 13.2 Å². The molecule has 0 aromatic heterocycles. The highest BCUT2D eigenvalue weighted by atomic mass is 19.1. The summed E-state index contributed by atoms with van der Waals surface area (Å²) in [6.07, 6.45) is 0. The van der Waals surface area contributed by atoms with E-state index < -0.39 is 5.82 Å². The van der Waals surface area contributed by atoms with Gasteiger partial charge >= 0.3 is 0 Å². The van der Waals surface area contributed by atoms with Crippen LogP contribution in [0.3, 0.4) is 0 Å². The first kappa shape index (κ1) is 14.1. The number of benzene rings is 2. The molecule has 0 unspecified atom stereocenters. The van der Waals surface area contributed by atoms with Crippen molar-refractivity contribution in [2.24, 2.45) is 5.73 Å². The molecule has 5 heteroatoms. The van der Waals surface area contributed by atoms with Gasteiger partial charge in [-0.3, -0.25) is 5.41 Å². The molecule has 0 heterocycles. The molecule has 104 valence electrons. The molecular weight excluding hydrogens is 262 g/mol. The molecule has 0 radical (unpaired) electrons. The van der Waals surface area contributed by atoms with Gasteiger partial charge in [0.1, 0.15) is 17.5 Å². The van der Waals surface area contributed by atoms with E-state index in [1.165, 1.54) is 24.3 Å². The lowest BCUT2D eigenvalue weighted by atomic mass is 10.1. The van der Waals surface area contributed by atoms with E-state index in [1.54, 1.807) is 18.2 Å². The first-order chi connectivity index (χ1) is 9.58. The zero-order valence-corrected chi connectivity index (χ0v) is 10.7. The van der Waals surface area contributed by atoms with Crippen molar-refractivity contribution in [3.63, 3.8) is 0 Å². The van der Waals surface area contributed by atoms with Gasteiger partial charge in [-0.15, -0.1) is 0 Å². The zero-order valence-electron chi connectivity index (χ0n) is 10.7. The van der Waals surface area contributed by atoms with Crippen LogP contribution in [-0.2, 0) is 18.0 Å². The highest BCUT2D eigenvalue weighted by Crippen LogP contribution is 2.14. The van der Waals surface area contributed by atoms with Crippen LogP contribution >= 0.6 is 0 Å². The van der Waals surface area contributed by atoms with Gasteiger partial charge in [-0.2, -0.15) is 0 Å². The Morgan fingerprint density at radius 1 is 1.05 bits per heavy atom. The van der Waals surface area contributed by atoms with Crippen LogP contribution in [0.15, 0.2) is 42.5 Å². The molecule has 0 aliphatic rings. The Labute approximate surface area is 115 Å². The molecule has 2 aromatic rings. The summed E-state index contributed by atoms with van der Waals surface area (Å²) in [5.74, 6) is -1.03. The maximum Gasteiger partial charge on any atom is 0.128 e. The number of nitrogen functional groups attached to an aromatic ring is 1. The van der Waals surface area contributed by atoms with Crippen LogP contribution in [0.2, 0.25) is 0 Å². The smallest absolute Gasteiger partial charge is 0.128 e. The van der Waals surface area contributed by atoms with Gasteiger partial charge in [0.25, 0.3) is 0 Å². The maximum absolute atomic E-state index is 13.4. The minimum absolute atomic E-state index is 0.0986. The van der Waals surface area contributed by atoms with Crippen LogP contribution in [0, 0.1) is 17.0 Å². The largest absolute Gasteiger partial charge is 0.384 e. The monoisotopic (exact) mass is 276 g/mol. The second-order valence-corrected chi connectivity index (χ2v) is 4.30. The molecule has 0 saturated carbocycles. The molecule has 2 aromatic carbocycles. The summed E-state index contributed by atoms with van der Waals surface area (Å²) in [7, 11) is 0. The second kappa shape index (κ2) is 6.25. The van der Waals surface area contributed by atoms with Crippen molar-refractivity contribution in [2.75, 3.05) is 0 Å². The molecular formula is C15H14F2N2O. The number of halogens is 2. The van der Waals surface area contributed by atoms with Crippen LogP contribution in [0.4, 0.5) is 8.78 Å². The summed E-state index contributed by atoms with van der Waals surface area (Å²) in [5, 5.41) is 7.40. The van der Waals surface area contributed by atoms with Gasteiger partial charge in [-0.25, -0.2) is 8.78 Å². The van der Waals surface area contributed by atoms with Crippen molar-refractivity contribution in [1.29, 1.82) is 5.41 Å².